The Labute approximate surface area is 178 Å². The zero-order valence-electron chi connectivity index (χ0n) is 18.2. The van der Waals surface area contributed by atoms with Gasteiger partial charge in [-0.1, -0.05) is 25.0 Å². The van der Waals surface area contributed by atoms with Crippen LogP contribution in [0.3, 0.4) is 0 Å². The molecular weight excluding hydrogens is 378 g/mol. The van der Waals surface area contributed by atoms with Crippen molar-refractivity contribution in [3.8, 4) is 0 Å². The number of aryl methyl sites for hydroxylation is 1. The average Bonchev–Trinajstić information content (AvgIpc) is 3.44. The van der Waals surface area contributed by atoms with Gasteiger partial charge in [0, 0.05) is 38.1 Å². The molecule has 1 aromatic carbocycles. The van der Waals surface area contributed by atoms with E-state index < -0.39 is 0 Å². The number of amides is 1. The Kier molecular flexibility index (Phi) is 6.09. The fourth-order valence-electron chi connectivity index (χ4n) is 4.92. The van der Waals surface area contributed by atoms with Crippen LogP contribution >= 0.6 is 0 Å². The van der Waals surface area contributed by atoms with Crippen molar-refractivity contribution in [2.75, 3.05) is 38.6 Å². The van der Waals surface area contributed by atoms with Crippen molar-refractivity contribution in [2.24, 2.45) is 0 Å². The molecule has 0 spiro atoms. The normalized spacial score (nSPS) is 18.4. The van der Waals surface area contributed by atoms with E-state index >= 15 is 0 Å². The average molecular weight is 412 g/mol. The summed E-state index contributed by atoms with van der Waals surface area (Å²) >= 11 is 0. The largest absolute Gasteiger partial charge is 0.354 e. The third-order valence-electron chi connectivity index (χ3n) is 6.90. The van der Waals surface area contributed by atoms with Crippen LogP contribution in [-0.2, 0) is 11.3 Å². The van der Waals surface area contributed by atoms with Crippen LogP contribution in [-0.4, -0.2) is 59.6 Å². The molecule has 4 rings (SSSR count). The van der Waals surface area contributed by atoms with Crippen molar-refractivity contribution >= 4 is 22.8 Å². The summed E-state index contributed by atoms with van der Waals surface area (Å²) in [6, 6.07) is 7.70. The number of carbonyl (C=O) groups excluding carboxylic acids is 1. The van der Waals surface area contributed by atoms with Gasteiger partial charge in [-0.05, 0) is 51.9 Å². The minimum Gasteiger partial charge on any atom is -0.354 e. The Morgan fingerprint density at radius 2 is 1.83 bits per heavy atom. The summed E-state index contributed by atoms with van der Waals surface area (Å²) in [7, 11) is 4.19. The summed E-state index contributed by atoms with van der Waals surface area (Å²) in [6.07, 6.45) is 7.13. The van der Waals surface area contributed by atoms with Crippen molar-refractivity contribution in [2.45, 2.75) is 57.0 Å². The smallest absolute Gasteiger partial charge is 0.294 e. The molecule has 1 aliphatic carbocycles. The van der Waals surface area contributed by atoms with Gasteiger partial charge in [-0.15, -0.1) is 0 Å². The second-order valence-corrected chi connectivity index (χ2v) is 8.93. The van der Waals surface area contributed by atoms with Gasteiger partial charge in [0.05, 0.1) is 11.0 Å². The van der Waals surface area contributed by atoms with E-state index in [-0.39, 0.29) is 23.4 Å². The minimum absolute atomic E-state index is 0.00126. The summed E-state index contributed by atoms with van der Waals surface area (Å²) in [5.74, 6) is 0.516. The quantitative estimate of drug-likeness (QED) is 0.758. The van der Waals surface area contributed by atoms with Gasteiger partial charge in [0.1, 0.15) is 0 Å². The van der Waals surface area contributed by atoms with Crippen LogP contribution in [0.4, 0.5) is 5.82 Å². The maximum Gasteiger partial charge on any atom is 0.294 e. The number of nitrogens with one attached hydrogen (secondary N) is 1. The summed E-state index contributed by atoms with van der Waals surface area (Å²) in [4.78, 5) is 34.8. The van der Waals surface area contributed by atoms with E-state index in [1.54, 1.807) is 4.57 Å². The molecule has 1 amide bonds. The predicted molar refractivity (Wildman–Crippen MR) is 120 cm³/mol. The molecule has 7 nitrogen and oxygen atoms in total. The highest BCUT2D eigenvalue weighted by Gasteiger charge is 2.36. The second-order valence-electron chi connectivity index (χ2n) is 8.93. The molecule has 2 heterocycles. The van der Waals surface area contributed by atoms with Gasteiger partial charge in [-0.25, -0.2) is 4.98 Å². The zero-order valence-corrected chi connectivity index (χ0v) is 18.2. The number of anilines is 1. The van der Waals surface area contributed by atoms with Gasteiger partial charge in [-0.2, -0.15) is 0 Å². The maximum absolute atomic E-state index is 13.2. The molecule has 1 aliphatic heterocycles. The van der Waals surface area contributed by atoms with E-state index in [0.717, 1.165) is 49.8 Å². The molecule has 1 saturated heterocycles. The highest BCUT2D eigenvalue weighted by atomic mass is 16.2. The Bertz CT molecular complexity index is 956. The number of nitrogens with zero attached hydrogens (tertiary/aromatic N) is 4. The number of likely N-dealkylation sites (N-methyl/N-ethyl adjacent to an activating group) is 1. The number of benzene rings is 1. The Morgan fingerprint density at radius 3 is 2.53 bits per heavy atom. The first-order valence-electron chi connectivity index (χ1n) is 11.2. The topological polar surface area (TPSA) is 70.5 Å². The SMILES string of the molecule is CN(C)C1(CNC(=O)CCn2c(=O)c(N3CCCC3)nc3ccccc32)CCCC1. The van der Waals surface area contributed by atoms with E-state index in [2.05, 4.69) is 34.2 Å². The number of hydrogen-bond donors (Lipinski definition) is 1. The molecule has 0 unspecified atom stereocenters. The summed E-state index contributed by atoms with van der Waals surface area (Å²) in [5, 5.41) is 3.13. The first kappa shape index (κ1) is 20.8. The molecule has 1 aromatic heterocycles. The molecular formula is C23H33N5O2. The van der Waals surface area contributed by atoms with Gasteiger partial charge >= 0.3 is 0 Å². The summed E-state index contributed by atoms with van der Waals surface area (Å²) in [5.41, 5.74) is 1.57. The number of fused-ring (bicyclic) bond motifs is 1. The van der Waals surface area contributed by atoms with Crippen molar-refractivity contribution in [3.05, 3.63) is 34.6 Å². The van der Waals surface area contributed by atoms with Crippen LogP contribution in [0, 0.1) is 0 Å². The van der Waals surface area contributed by atoms with Crippen LogP contribution < -0.4 is 15.8 Å². The molecule has 1 saturated carbocycles. The maximum atomic E-state index is 13.2. The number of aromatic nitrogens is 2. The fraction of sp³-hybridized carbons (Fsp3) is 0.609. The Balaban J connectivity index is 1.50. The van der Waals surface area contributed by atoms with E-state index in [1.807, 2.05) is 24.3 Å². The predicted octanol–water partition coefficient (Wildman–Crippen LogP) is 2.38. The number of carbonyl (C=O) groups is 1. The Morgan fingerprint density at radius 1 is 1.13 bits per heavy atom. The zero-order chi connectivity index (χ0) is 21.1. The molecule has 1 N–H and O–H groups in total. The van der Waals surface area contributed by atoms with Gasteiger partial charge in [0.15, 0.2) is 5.82 Å². The molecule has 2 aromatic rings. The lowest BCUT2D eigenvalue weighted by Gasteiger charge is -2.36. The molecule has 0 atom stereocenters. The highest BCUT2D eigenvalue weighted by molar-refractivity contribution is 5.78. The van der Waals surface area contributed by atoms with E-state index in [1.165, 1.54) is 12.8 Å². The van der Waals surface area contributed by atoms with Crippen LogP contribution in [0.2, 0.25) is 0 Å². The van der Waals surface area contributed by atoms with Crippen molar-refractivity contribution in [1.82, 2.24) is 19.8 Å². The lowest BCUT2D eigenvalue weighted by Crippen LogP contribution is -2.50. The minimum atomic E-state index is -0.0936. The van der Waals surface area contributed by atoms with Crippen LogP contribution in [0.25, 0.3) is 11.0 Å². The standard InChI is InChI=1S/C23H33N5O2/c1-26(2)23(12-5-6-13-23)17-24-20(29)11-16-28-19-10-4-3-9-18(19)25-21(22(28)30)27-14-7-8-15-27/h3-4,9-10H,5-8,11-17H2,1-2H3,(H,24,29). The Hall–Kier alpha value is -2.41. The van der Waals surface area contributed by atoms with Crippen molar-refractivity contribution in [3.63, 3.8) is 0 Å². The van der Waals surface area contributed by atoms with E-state index in [4.69, 9.17) is 0 Å². The van der Waals surface area contributed by atoms with E-state index in [0.29, 0.717) is 18.9 Å². The first-order chi connectivity index (χ1) is 14.5. The van der Waals surface area contributed by atoms with Crippen LogP contribution in [0.5, 0.6) is 0 Å². The molecule has 2 aliphatic rings. The van der Waals surface area contributed by atoms with E-state index in [9.17, 15) is 9.59 Å². The number of hydrogen-bond acceptors (Lipinski definition) is 5. The van der Waals surface area contributed by atoms with Gasteiger partial charge < -0.3 is 19.7 Å². The van der Waals surface area contributed by atoms with Gasteiger partial charge in [0.2, 0.25) is 5.91 Å². The second kappa shape index (κ2) is 8.76. The lowest BCUT2D eigenvalue weighted by molar-refractivity contribution is -0.121. The molecule has 2 fully saturated rings. The lowest BCUT2D eigenvalue weighted by atomic mass is 9.96. The van der Waals surface area contributed by atoms with Gasteiger partial charge in [0.25, 0.3) is 5.56 Å². The van der Waals surface area contributed by atoms with Crippen molar-refractivity contribution in [1.29, 1.82) is 0 Å². The molecule has 0 bridgehead atoms. The summed E-state index contributed by atoms with van der Waals surface area (Å²) in [6.45, 7) is 2.77. The van der Waals surface area contributed by atoms with Crippen molar-refractivity contribution < 1.29 is 4.79 Å². The monoisotopic (exact) mass is 411 g/mol. The number of para-hydroxylation sites is 2. The van der Waals surface area contributed by atoms with Crippen LogP contribution in [0.1, 0.15) is 44.9 Å². The molecule has 162 valence electrons. The fourth-order valence-corrected chi connectivity index (χ4v) is 4.92. The third kappa shape index (κ3) is 4.08. The molecule has 0 radical (unpaired) electrons. The summed E-state index contributed by atoms with van der Waals surface area (Å²) < 4.78 is 1.73. The van der Waals surface area contributed by atoms with Crippen LogP contribution in [0.15, 0.2) is 29.1 Å². The molecule has 30 heavy (non-hydrogen) atoms. The van der Waals surface area contributed by atoms with Gasteiger partial charge in [-0.3, -0.25) is 9.59 Å². The molecule has 7 heteroatoms. The number of rotatable bonds is 7. The first-order valence-corrected chi connectivity index (χ1v) is 11.2. The third-order valence-corrected chi connectivity index (χ3v) is 6.90. The highest BCUT2D eigenvalue weighted by Crippen LogP contribution is 2.33.